The summed E-state index contributed by atoms with van der Waals surface area (Å²) in [5.41, 5.74) is 0.294. The number of hydrogen-bond acceptors (Lipinski definition) is 5. The Kier molecular flexibility index (Phi) is 9.87. The lowest BCUT2D eigenvalue weighted by atomic mass is 9.84. The third-order valence-electron chi connectivity index (χ3n) is 8.56. The number of benzene rings is 2. The zero-order chi connectivity index (χ0) is 29.8. The number of aliphatic hydroxyl groups excluding tert-OH is 1. The lowest BCUT2D eigenvalue weighted by Gasteiger charge is -2.36. The second-order valence-electron chi connectivity index (χ2n) is 11.1. The molecule has 2 aromatic rings. The van der Waals surface area contributed by atoms with Crippen LogP contribution < -0.4 is 15.4 Å². The van der Waals surface area contributed by atoms with E-state index in [-0.39, 0.29) is 46.9 Å². The number of nitrogens with one attached hydrogen (secondary N) is 2. The third kappa shape index (κ3) is 6.81. The maximum atomic E-state index is 14.4. The number of quaternary nitrogens is 1. The molecule has 1 heterocycles. The SMILES string of the molecule is COc1ccc(NC(c2ccc(Cl)cc2CNC(=O)[N+]2(C(=O)[C@H](O)C3CCCCC3)CCC[C@H]2C)C(F)(F)F)cc1. The summed E-state index contributed by atoms with van der Waals surface area (Å²) in [4.78, 5) is 27.5. The lowest BCUT2D eigenvalue weighted by Crippen LogP contribution is -2.66. The first kappa shape index (κ1) is 31.1. The topological polar surface area (TPSA) is 87.7 Å². The van der Waals surface area contributed by atoms with Crippen LogP contribution in [-0.4, -0.2) is 53.5 Å². The van der Waals surface area contributed by atoms with E-state index in [4.69, 9.17) is 16.3 Å². The molecular formula is C30H38ClF3N3O4+. The summed E-state index contributed by atoms with van der Waals surface area (Å²) < 4.78 is 47.6. The number of halogens is 4. The van der Waals surface area contributed by atoms with Gasteiger partial charge in [-0.1, -0.05) is 36.9 Å². The van der Waals surface area contributed by atoms with Crippen LogP contribution in [0.1, 0.15) is 69.0 Å². The second kappa shape index (κ2) is 13.0. The number of imide groups is 1. The summed E-state index contributed by atoms with van der Waals surface area (Å²) in [5, 5.41) is 16.5. The number of carbonyl (C=O) groups excluding carboxylic acids is 2. The molecule has 2 aromatic carbocycles. The van der Waals surface area contributed by atoms with E-state index in [9.17, 15) is 27.9 Å². The van der Waals surface area contributed by atoms with Crippen molar-refractivity contribution in [2.24, 2.45) is 5.92 Å². The smallest absolute Gasteiger partial charge is 0.424 e. The highest BCUT2D eigenvalue weighted by Gasteiger charge is 2.55. The number of alkyl halides is 3. The first-order chi connectivity index (χ1) is 19.5. The number of urea groups is 1. The van der Waals surface area contributed by atoms with E-state index in [2.05, 4.69) is 10.6 Å². The van der Waals surface area contributed by atoms with Crippen molar-refractivity contribution in [1.29, 1.82) is 0 Å². The van der Waals surface area contributed by atoms with E-state index >= 15 is 0 Å². The maximum Gasteiger partial charge on any atom is 0.424 e. The summed E-state index contributed by atoms with van der Waals surface area (Å²) in [6, 6.07) is 7.06. The number of ether oxygens (including phenoxy) is 1. The van der Waals surface area contributed by atoms with E-state index in [1.54, 1.807) is 19.1 Å². The molecule has 4 atom stereocenters. The van der Waals surface area contributed by atoms with E-state index in [1.807, 2.05) is 0 Å². The van der Waals surface area contributed by atoms with E-state index in [0.717, 1.165) is 32.1 Å². The van der Waals surface area contributed by atoms with Gasteiger partial charge in [0.1, 0.15) is 17.8 Å². The standard InChI is InChI=1S/C30H37ClF3N3O4/c1-19-7-6-16-37(19,28(39)26(38)20-8-4-3-5-9-20)29(40)35-18-21-17-22(31)10-15-25(21)27(30(32,33)34)36-23-11-13-24(41-2)14-12-23/h10-15,17,19-20,26-27,36,38H,3-9,16,18H2,1-2H3/p+1/t19-,26-,27?,37?/m1/s1. The van der Waals surface area contributed by atoms with Gasteiger partial charge in [0.05, 0.1) is 13.7 Å². The summed E-state index contributed by atoms with van der Waals surface area (Å²) in [5.74, 6) is -0.214. The summed E-state index contributed by atoms with van der Waals surface area (Å²) in [6.07, 6.45) is -0.302. The normalized spacial score (nSPS) is 23.0. The van der Waals surface area contributed by atoms with Gasteiger partial charge in [-0.25, -0.2) is 9.59 Å². The number of rotatable bonds is 8. The van der Waals surface area contributed by atoms with Crippen molar-refractivity contribution in [2.45, 2.75) is 82.8 Å². The molecule has 4 rings (SSSR count). The highest BCUT2D eigenvalue weighted by molar-refractivity contribution is 6.30. The first-order valence-electron chi connectivity index (χ1n) is 14.1. The Morgan fingerprint density at radius 2 is 1.76 bits per heavy atom. The highest BCUT2D eigenvalue weighted by atomic mass is 35.5. The quantitative estimate of drug-likeness (QED) is 0.294. The molecule has 1 saturated carbocycles. The molecule has 0 spiro atoms. The van der Waals surface area contributed by atoms with Crippen molar-refractivity contribution < 1.29 is 37.1 Å². The predicted molar refractivity (Wildman–Crippen MR) is 151 cm³/mol. The minimum Gasteiger partial charge on any atom is -0.497 e. The molecule has 11 heteroatoms. The maximum absolute atomic E-state index is 14.4. The molecule has 1 aliphatic carbocycles. The largest absolute Gasteiger partial charge is 0.497 e. The van der Waals surface area contributed by atoms with Gasteiger partial charge in [0.25, 0.3) is 0 Å². The van der Waals surface area contributed by atoms with Gasteiger partial charge in [-0.05, 0) is 73.2 Å². The van der Waals surface area contributed by atoms with Gasteiger partial charge in [-0.2, -0.15) is 17.7 Å². The van der Waals surface area contributed by atoms with Crippen LogP contribution in [0.15, 0.2) is 42.5 Å². The molecule has 1 saturated heterocycles. The Labute approximate surface area is 243 Å². The van der Waals surface area contributed by atoms with Gasteiger partial charge in [-0.15, -0.1) is 0 Å². The number of likely N-dealkylation sites (tertiary alicyclic amines) is 1. The molecule has 0 radical (unpaired) electrons. The van der Waals surface area contributed by atoms with Gasteiger partial charge in [-0.3, -0.25) is 0 Å². The van der Waals surface area contributed by atoms with Crippen LogP contribution in [0.2, 0.25) is 5.02 Å². The number of hydrogen-bond donors (Lipinski definition) is 3. The van der Waals surface area contributed by atoms with Crippen LogP contribution in [0, 0.1) is 5.92 Å². The van der Waals surface area contributed by atoms with Crippen LogP contribution in [0.25, 0.3) is 0 Å². The van der Waals surface area contributed by atoms with Gasteiger partial charge in [0, 0.05) is 30.1 Å². The van der Waals surface area contributed by atoms with Gasteiger partial charge in [0.15, 0.2) is 6.10 Å². The van der Waals surface area contributed by atoms with Crippen molar-refractivity contribution in [3.8, 4) is 5.75 Å². The number of aliphatic hydroxyl groups is 1. The molecule has 2 aliphatic rings. The lowest BCUT2D eigenvalue weighted by molar-refractivity contribution is -0.787. The number of carbonyl (C=O) groups is 2. The molecule has 41 heavy (non-hydrogen) atoms. The van der Waals surface area contributed by atoms with E-state index in [0.29, 0.717) is 18.6 Å². The minimum absolute atomic E-state index is 0.104. The Bertz CT molecular complexity index is 1220. The van der Waals surface area contributed by atoms with E-state index < -0.39 is 34.7 Å². The highest BCUT2D eigenvalue weighted by Crippen LogP contribution is 2.39. The van der Waals surface area contributed by atoms with Crippen LogP contribution in [0.3, 0.4) is 0 Å². The van der Waals surface area contributed by atoms with Crippen molar-refractivity contribution in [3.63, 3.8) is 0 Å². The predicted octanol–water partition coefficient (Wildman–Crippen LogP) is 6.74. The fraction of sp³-hybridized carbons (Fsp3) is 0.533. The molecule has 7 nitrogen and oxygen atoms in total. The Morgan fingerprint density at radius 3 is 2.34 bits per heavy atom. The molecule has 3 amide bonds. The van der Waals surface area contributed by atoms with Crippen LogP contribution >= 0.6 is 11.6 Å². The molecule has 2 fully saturated rings. The molecule has 0 bridgehead atoms. The fourth-order valence-electron chi connectivity index (χ4n) is 6.20. The summed E-state index contributed by atoms with van der Waals surface area (Å²) >= 11 is 6.18. The Balaban J connectivity index is 1.58. The van der Waals surface area contributed by atoms with Crippen molar-refractivity contribution >= 4 is 29.2 Å². The number of anilines is 1. The van der Waals surface area contributed by atoms with Crippen molar-refractivity contribution in [1.82, 2.24) is 5.32 Å². The zero-order valence-electron chi connectivity index (χ0n) is 23.3. The van der Waals surface area contributed by atoms with Crippen LogP contribution in [0.4, 0.5) is 23.7 Å². The molecule has 224 valence electrons. The van der Waals surface area contributed by atoms with E-state index in [1.165, 1.54) is 37.4 Å². The molecular weight excluding hydrogens is 559 g/mol. The van der Waals surface area contributed by atoms with Crippen LogP contribution in [-0.2, 0) is 11.3 Å². The monoisotopic (exact) mass is 596 g/mol. The van der Waals surface area contributed by atoms with Crippen LogP contribution in [0.5, 0.6) is 5.75 Å². The number of nitrogens with zero attached hydrogens (tertiary/aromatic N) is 1. The van der Waals surface area contributed by atoms with Gasteiger partial charge in [0.2, 0.25) is 0 Å². The average Bonchev–Trinajstić information content (AvgIpc) is 3.36. The molecule has 3 N–H and O–H groups in total. The van der Waals surface area contributed by atoms with Crippen molar-refractivity contribution in [2.75, 3.05) is 19.0 Å². The second-order valence-corrected chi connectivity index (χ2v) is 11.6. The molecule has 1 aliphatic heterocycles. The average molecular weight is 597 g/mol. The molecule has 2 unspecified atom stereocenters. The Morgan fingerprint density at radius 1 is 1.07 bits per heavy atom. The first-order valence-corrected chi connectivity index (χ1v) is 14.5. The zero-order valence-corrected chi connectivity index (χ0v) is 24.1. The van der Waals surface area contributed by atoms with Gasteiger partial charge < -0.3 is 20.5 Å². The number of amides is 3. The number of methoxy groups -OCH3 is 1. The fourth-order valence-corrected chi connectivity index (χ4v) is 6.40. The molecule has 0 aromatic heterocycles. The summed E-state index contributed by atoms with van der Waals surface area (Å²) in [7, 11) is 1.47. The minimum atomic E-state index is -4.68. The third-order valence-corrected chi connectivity index (χ3v) is 8.80. The van der Waals surface area contributed by atoms with Gasteiger partial charge >= 0.3 is 18.1 Å². The summed E-state index contributed by atoms with van der Waals surface area (Å²) in [6.45, 7) is 1.77. The Hall–Kier alpha value is -2.82. The van der Waals surface area contributed by atoms with Crippen molar-refractivity contribution in [3.05, 3.63) is 58.6 Å².